The van der Waals surface area contributed by atoms with Crippen molar-refractivity contribution in [2.45, 2.75) is 64.8 Å². The zero-order chi connectivity index (χ0) is 14.5. The predicted octanol–water partition coefficient (Wildman–Crippen LogP) is 2.85. The highest BCUT2D eigenvalue weighted by molar-refractivity contribution is 4.79. The molecule has 1 saturated heterocycles. The minimum absolute atomic E-state index is 0.800. The Labute approximate surface area is 121 Å². The first-order valence-electron chi connectivity index (χ1n) is 8.36. The number of rotatable bonds is 3. The summed E-state index contributed by atoms with van der Waals surface area (Å²) >= 11 is 0. The number of likely N-dealkylation sites (tertiary alicyclic amines) is 1. The van der Waals surface area contributed by atoms with Gasteiger partial charge in [0.25, 0.3) is 0 Å². The predicted molar refractivity (Wildman–Crippen MR) is 86.6 cm³/mol. The van der Waals surface area contributed by atoms with E-state index >= 15 is 0 Å². The summed E-state index contributed by atoms with van der Waals surface area (Å²) in [4.78, 5) is 2.70. The van der Waals surface area contributed by atoms with Crippen molar-refractivity contribution in [3.05, 3.63) is 0 Å². The molecular formula is C16H37N3. The van der Waals surface area contributed by atoms with Crippen molar-refractivity contribution < 1.29 is 0 Å². The Morgan fingerprint density at radius 1 is 1.00 bits per heavy atom. The first-order valence-corrected chi connectivity index (χ1v) is 8.36. The monoisotopic (exact) mass is 271 g/mol. The van der Waals surface area contributed by atoms with Gasteiger partial charge >= 0.3 is 0 Å². The summed E-state index contributed by atoms with van der Waals surface area (Å²) in [5.41, 5.74) is 4.50. The molecule has 1 aliphatic heterocycles. The summed E-state index contributed by atoms with van der Waals surface area (Å²) in [5, 5.41) is 3.45. The Balaban J connectivity index is 0.000000741. The van der Waals surface area contributed by atoms with Crippen LogP contribution in [0.1, 0.15) is 58.8 Å². The van der Waals surface area contributed by atoms with Crippen LogP contribution in [0.3, 0.4) is 0 Å². The molecule has 0 aromatic rings. The molecule has 0 spiro atoms. The zero-order valence-electron chi connectivity index (χ0n) is 13.8. The number of hydrogen-bond acceptors (Lipinski definition) is 3. The first-order chi connectivity index (χ1) is 9.38. The van der Waals surface area contributed by atoms with Gasteiger partial charge in [-0.15, -0.1) is 0 Å². The lowest BCUT2D eigenvalue weighted by Crippen LogP contribution is -2.39. The van der Waals surface area contributed by atoms with Crippen LogP contribution in [-0.2, 0) is 0 Å². The lowest BCUT2D eigenvalue weighted by Gasteiger charge is -2.34. The van der Waals surface area contributed by atoms with Crippen LogP contribution in [-0.4, -0.2) is 44.7 Å². The SMILES string of the molecule is CC.CN.CN[C@@H]1CCC[C@H](CN2CCCCC2)C1. The van der Waals surface area contributed by atoms with Gasteiger partial charge in [0.15, 0.2) is 0 Å². The highest BCUT2D eigenvalue weighted by atomic mass is 15.1. The molecule has 1 aliphatic carbocycles. The van der Waals surface area contributed by atoms with E-state index in [2.05, 4.69) is 23.0 Å². The number of hydrogen-bond donors (Lipinski definition) is 2. The van der Waals surface area contributed by atoms with Crippen LogP contribution in [0.15, 0.2) is 0 Å². The Kier molecular flexibility index (Phi) is 12.8. The van der Waals surface area contributed by atoms with Gasteiger partial charge in [-0.3, -0.25) is 0 Å². The quantitative estimate of drug-likeness (QED) is 0.829. The minimum atomic E-state index is 0.800. The van der Waals surface area contributed by atoms with E-state index < -0.39 is 0 Å². The molecule has 0 radical (unpaired) electrons. The minimum Gasteiger partial charge on any atom is -0.333 e. The molecule has 2 aliphatic rings. The van der Waals surface area contributed by atoms with Gasteiger partial charge in [0, 0.05) is 12.6 Å². The van der Waals surface area contributed by atoms with Crippen molar-refractivity contribution in [2.24, 2.45) is 11.7 Å². The molecular weight excluding hydrogens is 234 g/mol. The fourth-order valence-electron chi connectivity index (χ4n) is 3.23. The third-order valence-corrected chi connectivity index (χ3v) is 4.16. The summed E-state index contributed by atoms with van der Waals surface area (Å²) in [6.07, 6.45) is 10.0. The smallest absolute Gasteiger partial charge is 0.00671 e. The number of nitrogens with zero attached hydrogens (tertiary/aromatic N) is 1. The van der Waals surface area contributed by atoms with Crippen LogP contribution in [0.4, 0.5) is 0 Å². The van der Waals surface area contributed by atoms with Gasteiger partial charge in [-0.1, -0.05) is 26.7 Å². The van der Waals surface area contributed by atoms with Crippen molar-refractivity contribution in [2.75, 3.05) is 33.7 Å². The van der Waals surface area contributed by atoms with Gasteiger partial charge in [-0.05, 0) is 65.2 Å². The molecule has 2 fully saturated rings. The van der Waals surface area contributed by atoms with E-state index in [1.807, 2.05) is 13.8 Å². The topological polar surface area (TPSA) is 41.3 Å². The maximum absolute atomic E-state index is 4.50. The molecule has 0 aromatic heterocycles. The van der Waals surface area contributed by atoms with Crippen molar-refractivity contribution >= 4 is 0 Å². The Morgan fingerprint density at radius 2 is 1.63 bits per heavy atom. The number of piperidine rings is 1. The van der Waals surface area contributed by atoms with E-state index in [1.165, 1.54) is 71.6 Å². The molecule has 0 aromatic carbocycles. The van der Waals surface area contributed by atoms with Gasteiger partial charge in [0.2, 0.25) is 0 Å². The highest BCUT2D eigenvalue weighted by Crippen LogP contribution is 2.25. The van der Waals surface area contributed by atoms with Crippen LogP contribution in [0.5, 0.6) is 0 Å². The summed E-state index contributed by atoms with van der Waals surface area (Å²) < 4.78 is 0. The highest BCUT2D eigenvalue weighted by Gasteiger charge is 2.23. The average Bonchev–Trinajstić information content (AvgIpc) is 2.52. The molecule has 0 amide bonds. The van der Waals surface area contributed by atoms with Gasteiger partial charge in [-0.25, -0.2) is 0 Å². The van der Waals surface area contributed by atoms with Crippen LogP contribution in [0, 0.1) is 5.92 Å². The van der Waals surface area contributed by atoms with Gasteiger partial charge in [-0.2, -0.15) is 0 Å². The van der Waals surface area contributed by atoms with E-state index in [9.17, 15) is 0 Å². The Morgan fingerprint density at radius 3 is 2.21 bits per heavy atom. The van der Waals surface area contributed by atoms with E-state index in [1.54, 1.807) is 0 Å². The fourth-order valence-corrected chi connectivity index (χ4v) is 3.23. The summed E-state index contributed by atoms with van der Waals surface area (Å²) in [7, 11) is 3.62. The summed E-state index contributed by atoms with van der Waals surface area (Å²) in [5.74, 6) is 0.967. The maximum atomic E-state index is 4.50. The molecule has 1 saturated carbocycles. The van der Waals surface area contributed by atoms with Crippen LogP contribution in [0.25, 0.3) is 0 Å². The lowest BCUT2D eigenvalue weighted by molar-refractivity contribution is 0.163. The van der Waals surface area contributed by atoms with Gasteiger partial charge in [0.05, 0.1) is 0 Å². The van der Waals surface area contributed by atoms with Crippen molar-refractivity contribution in [3.8, 4) is 0 Å². The van der Waals surface area contributed by atoms with Crippen LogP contribution >= 0.6 is 0 Å². The second kappa shape index (κ2) is 12.9. The third kappa shape index (κ3) is 7.91. The Hall–Kier alpha value is -0.120. The third-order valence-electron chi connectivity index (χ3n) is 4.16. The van der Waals surface area contributed by atoms with E-state index in [4.69, 9.17) is 0 Å². The van der Waals surface area contributed by atoms with Crippen molar-refractivity contribution in [3.63, 3.8) is 0 Å². The largest absolute Gasteiger partial charge is 0.333 e. The molecule has 19 heavy (non-hydrogen) atoms. The second-order valence-electron chi connectivity index (χ2n) is 5.38. The van der Waals surface area contributed by atoms with Gasteiger partial charge < -0.3 is 16.0 Å². The lowest BCUT2D eigenvalue weighted by atomic mass is 9.85. The summed E-state index contributed by atoms with van der Waals surface area (Å²) in [6.45, 7) is 8.10. The molecule has 2 rings (SSSR count). The Bertz CT molecular complexity index is 179. The molecule has 116 valence electrons. The molecule has 1 heterocycles. The number of nitrogens with one attached hydrogen (secondary N) is 1. The second-order valence-corrected chi connectivity index (χ2v) is 5.38. The molecule has 3 N–H and O–H groups in total. The first kappa shape index (κ1) is 18.9. The van der Waals surface area contributed by atoms with Gasteiger partial charge in [0.1, 0.15) is 0 Å². The van der Waals surface area contributed by atoms with Crippen LogP contribution < -0.4 is 11.1 Å². The molecule has 0 unspecified atom stereocenters. The molecule has 0 bridgehead atoms. The fraction of sp³-hybridized carbons (Fsp3) is 1.00. The zero-order valence-corrected chi connectivity index (χ0v) is 13.8. The summed E-state index contributed by atoms with van der Waals surface area (Å²) in [6, 6.07) is 0.800. The van der Waals surface area contributed by atoms with E-state index in [-0.39, 0.29) is 0 Å². The van der Waals surface area contributed by atoms with Crippen molar-refractivity contribution in [1.82, 2.24) is 10.2 Å². The van der Waals surface area contributed by atoms with Crippen molar-refractivity contribution in [1.29, 1.82) is 0 Å². The number of nitrogens with two attached hydrogens (primary N) is 1. The average molecular weight is 271 g/mol. The standard InChI is InChI=1S/C13H26N2.C2H6.CH5N/c1-14-13-7-5-6-12(10-13)11-15-8-3-2-4-9-15;2*1-2/h12-14H,2-11H2,1H3;1-2H3;2H2,1H3/t12-,13+;;/m0../s1. The molecule has 3 nitrogen and oxygen atoms in total. The molecule has 2 atom stereocenters. The van der Waals surface area contributed by atoms with Crippen LogP contribution in [0.2, 0.25) is 0 Å². The van der Waals surface area contributed by atoms with E-state index in [0.717, 1.165) is 12.0 Å². The molecule has 3 heteroatoms. The normalized spacial score (nSPS) is 27.6. The van der Waals surface area contributed by atoms with E-state index in [0.29, 0.717) is 0 Å². The maximum Gasteiger partial charge on any atom is 0.00671 e.